The summed E-state index contributed by atoms with van der Waals surface area (Å²) in [5, 5.41) is 11.5. The summed E-state index contributed by atoms with van der Waals surface area (Å²) in [5.41, 5.74) is 2.21. The number of piperazine rings is 1. The van der Waals surface area contributed by atoms with E-state index in [4.69, 9.17) is 17.0 Å². The number of hydrogen-bond donors (Lipinski definition) is 4. The molecule has 3 aromatic carbocycles. The van der Waals surface area contributed by atoms with Gasteiger partial charge in [-0.15, -0.1) is 0 Å². The molecule has 6 rings (SSSR count). The van der Waals surface area contributed by atoms with Crippen molar-refractivity contribution in [2.24, 2.45) is 0 Å². The lowest BCUT2D eigenvalue weighted by molar-refractivity contribution is -0.137. The van der Waals surface area contributed by atoms with Crippen molar-refractivity contribution in [2.75, 3.05) is 78.7 Å². The molecular formula is C40H49F3N8O4S. The number of rotatable bonds is 12. The van der Waals surface area contributed by atoms with Crippen LogP contribution in [0, 0.1) is 6.92 Å². The number of ether oxygens (including phenoxy) is 1. The van der Waals surface area contributed by atoms with Gasteiger partial charge in [-0.1, -0.05) is 6.07 Å². The highest BCUT2D eigenvalue weighted by Crippen LogP contribution is 2.41. The minimum atomic E-state index is -4.51. The van der Waals surface area contributed by atoms with Crippen molar-refractivity contribution in [3.05, 3.63) is 71.8 Å². The monoisotopic (exact) mass is 794 g/mol. The summed E-state index contributed by atoms with van der Waals surface area (Å²) < 4.78 is 47.7. The maximum Gasteiger partial charge on any atom is 0.418 e. The molecule has 3 saturated heterocycles. The molecule has 0 saturated carbocycles. The van der Waals surface area contributed by atoms with Crippen LogP contribution >= 0.6 is 12.2 Å². The molecule has 56 heavy (non-hydrogen) atoms. The van der Waals surface area contributed by atoms with Crippen LogP contribution in [-0.2, 0) is 20.6 Å². The number of benzene rings is 3. The number of halogens is 3. The number of anilines is 5. The van der Waals surface area contributed by atoms with Crippen LogP contribution in [0.2, 0.25) is 0 Å². The van der Waals surface area contributed by atoms with Crippen molar-refractivity contribution >= 4 is 63.5 Å². The zero-order valence-electron chi connectivity index (χ0n) is 32.3. The zero-order chi connectivity index (χ0) is 40.4. The number of thiocarbonyl (C=S) groups is 1. The van der Waals surface area contributed by atoms with Gasteiger partial charge in [-0.2, -0.15) is 13.2 Å². The molecule has 3 heterocycles. The smallest absolute Gasteiger partial charge is 0.418 e. The van der Waals surface area contributed by atoms with Crippen LogP contribution in [-0.4, -0.2) is 103 Å². The lowest BCUT2D eigenvalue weighted by atomic mass is 10.0. The maximum absolute atomic E-state index is 13.8. The van der Waals surface area contributed by atoms with E-state index in [9.17, 15) is 27.6 Å². The summed E-state index contributed by atoms with van der Waals surface area (Å²) in [4.78, 5) is 45.0. The van der Waals surface area contributed by atoms with Gasteiger partial charge in [0.1, 0.15) is 18.4 Å². The van der Waals surface area contributed by atoms with Crippen LogP contribution in [0.25, 0.3) is 0 Å². The fraction of sp³-hybridized carbons (Fsp3) is 0.450. The van der Waals surface area contributed by atoms with E-state index in [-0.39, 0.29) is 35.9 Å². The van der Waals surface area contributed by atoms with Gasteiger partial charge in [0.25, 0.3) is 0 Å². The molecule has 0 radical (unpaired) electrons. The van der Waals surface area contributed by atoms with Gasteiger partial charge in [0.2, 0.25) is 17.7 Å². The standard InChI is InChI=1S/C40H49F3N8O4S/c1-25-21-30(51-38(56)50(24-39(51,3)4)29-9-11-32(44-5)31(23-29)40(41,42)43)10-13-34(25)55-20-19-48-15-17-49(18-16-48)26(2)36(53)46-28-8-6-7-27(22-28)45-33-12-14-35(52)47-37(33)54/h6-11,13,21-23,26,33,44-45H,12,14-20,24H2,1-5H3,(H,46,53)(H,47,52,54)/t26-,33?/m1/s1. The van der Waals surface area contributed by atoms with Crippen LogP contribution in [0.15, 0.2) is 60.7 Å². The lowest BCUT2D eigenvalue weighted by Crippen LogP contribution is -2.53. The van der Waals surface area contributed by atoms with Crippen LogP contribution in [0.4, 0.5) is 41.6 Å². The highest BCUT2D eigenvalue weighted by molar-refractivity contribution is 7.80. The molecule has 3 aromatic rings. The second-order valence-electron chi connectivity index (χ2n) is 15.1. The van der Waals surface area contributed by atoms with Gasteiger partial charge in [-0.25, -0.2) is 0 Å². The molecule has 0 bridgehead atoms. The number of nitrogens with one attached hydrogen (secondary N) is 4. The Morgan fingerprint density at radius 2 is 1.73 bits per heavy atom. The summed E-state index contributed by atoms with van der Waals surface area (Å²) in [6.07, 6.45) is -3.83. The summed E-state index contributed by atoms with van der Waals surface area (Å²) >= 11 is 5.87. The predicted octanol–water partition coefficient (Wildman–Crippen LogP) is 5.69. The average molecular weight is 795 g/mol. The van der Waals surface area contributed by atoms with Crippen LogP contribution in [0.1, 0.15) is 44.7 Å². The summed E-state index contributed by atoms with van der Waals surface area (Å²) in [6.45, 7) is 12.5. The Morgan fingerprint density at radius 1 is 1.02 bits per heavy atom. The second kappa shape index (κ2) is 16.7. The number of carbonyl (C=O) groups is 3. The number of hydrogen-bond acceptors (Lipinski definition) is 9. The fourth-order valence-corrected chi connectivity index (χ4v) is 7.97. The second-order valence-corrected chi connectivity index (χ2v) is 15.4. The van der Waals surface area contributed by atoms with Crippen LogP contribution in [0.3, 0.4) is 0 Å². The van der Waals surface area contributed by atoms with Gasteiger partial charge in [-0.3, -0.25) is 29.5 Å². The summed E-state index contributed by atoms with van der Waals surface area (Å²) in [7, 11) is 1.47. The zero-order valence-corrected chi connectivity index (χ0v) is 33.1. The van der Waals surface area contributed by atoms with Gasteiger partial charge in [0.15, 0.2) is 5.11 Å². The van der Waals surface area contributed by atoms with Gasteiger partial charge in [0, 0.05) is 81.2 Å². The number of imide groups is 1. The predicted molar refractivity (Wildman–Crippen MR) is 217 cm³/mol. The Labute approximate surface area is 330 Å². The van der Waals surface area contributed by atoms with E-state index in [2.05, 4.69) is 31.1 Å². The normalized spacial score (nSPS) is 19.8. The Balaban J connectivity index is 0.974. The number of piperidine rings is 1. The molecule has 1 unspecified atom stereocenters. The molecule has 16 heteroatoms. The third-order valence-corrected chi connectivity index (χ3v) is 11.0. The number of aryl methyl sites for hydroxylation is 1. The quantitative estimate of drug-likeness (QED) is 0.134. The fourth-order valence-electron chi connectivity index (χ4n) is 7.44. The molecule has 3 fully saturated rings. The van der Waals surface area contributed by atoms with E-state index >= 15 is 0 Å². The maximum atomic E-state index is 13.8. The lowest BCUT2D eigenvalue weighted by Gasteiger charge is -2.37. The Kier molecular flexibility index (Phi) is 12.1. The molecule has 12 nitrogen and oxygen atoms in total. The minimum Gasteiger partial charge on any atom is -0.492 e. The highest BCUT2D eigenvalue weighted by atomic mass is 32.1. The molecular weight excluding hydrogens is 746 g/mol. The Morgan fingerprint density at radius 3 is 2.41 bits per heavy atom. The van der Waals surface area contributed by atoms with E-state index in [0.29, 0.717) is 48.3 Å². The van der Waals surface area contributed by atoms with Gasteiger partial charge in [-0.05, 0) is 106 Å². The van der Waals surface area contributed by atoms with Crippen molar-refractivity contribution < 1.29 is 32.3 Å². The Bertz CT molecular complexity index is 1970. The van der Waals surface area contributed by atoms with Gasteiger partial charge >= 0.3 is 6.18 Å². The Hall–Kier alpha value is -4.93. The first kappa shape index (κ1) is 40.7. The third-order valence-electron chi connectivity index (χ3n) is 10.6. The van der Waals surface area contributed by atoms with Crippen molar-refractivity contribution in [1.29, 1.82) is 0 Å². The SMILES string of the molecule is CNc1ccc(N2CC(C)(C)N(c3ccc(OCCN4CCN([C@H](C)C(=O)Nc5cccc(NC6CCC(=O)NC6=O)c5)CC4)c(C)c3)C2=S)cc1C(F)(F)F. The molecule has 4 N–H and O–H groups in total. The number of nitrogens with zero attached hydrogens (tertiary/aromatic N) is 4. The van der Waals surface area contributed by atoms with E-state index in [0.717, 1.165) is 49.2 Å². The first-order valence-electron chi connectivity index (χ1n) is 18.8. The number of carbonyl (C=O) groups excluding carboxylic acids is 3. The topological polar surface area (TPSA) is 122 Å². The van der Waals surface area contributed by atoms with E-state index in [1.165, 1.54) is 13.1 Å². The summed E-state index contributed by atoms with van der Waals surface area (Å²) in [5.74, 6) is -0.00770. The third kappa shape index (κ3) is 9.19. The van der Waals surface area contributed by atoms with Crippen molar-refractivity contribution in [2.45, 2.75) is 64.3 Å². The highest BCUT2D eigenvalue weighted by Gasteiger charge is 2.43. The van der Waals surface area contributed by atoms with Crippen molar-refractivity contribution in [1.82, 2.24) is 15.1 Å². The molecule has 0 aromatic heterocycles. The molecule has 3 amide bonds. The van der Waals surface area contributed by atoms with Crippen molar-refractivity contribution in [3.8, 4) is 5.75 Å². The van der Waals surface area contributed by atoms with Crippen molar-refractivity contribution in [3.63, 3.8) is 0 Å². The molecule has 2 atom stereocenters. The van der Waals surface area contributed by atoms with E-state index in [1.807, 2.05) is 56.9 Å². The molecule has 0 aliphatic carbocycles. The largest absolute Gasteiger partial charge is 0.492 e. The van der Waals surface area contributed by atoms with Gasteiger partial charge in [0.05, 0.1) is 17.1 Å². The molecule has 0 spiro atoms. The molecule has 3 aliphatic rings. The first-order valence-corrected chi connectivity index (χ1v) is 19.2. The number of alkyl halides is 3. The molecule has 3 aliphatic heterocycles. The summed E-state index contributed by atoms with van der Waals surface area (Å²) in [6, 6.07) is 16.4. The first-order chi connectivity index (χ1) is 26.5. The van der Waals surface area contributed by atoms with Crippen LogP contribution < -0.4 is 35.8 Å². The average Bonchev–Trinajstić information content (AvgIpc) is 3.40. The van der Waals surface area contributed by atoms with Crippen LogP contribution in [0.5, 0.6) is 5.75 Å². The van der Waals surface area contributed by atoms with E-state index in [1.54, 1.807) is 29.2 Å². The minimum absolute atomic E-state index is 0.00872. The number of amides is 3. The van der Waals surface area contributed by atoms with E-state index < -0.39 is 23.3 Å². The molecule has 300 valence electrons. The van der Waals surface area contributed by atoms with Gasteiger partial charge < -0.3 is 30.5 Å².